The van der Waals surface area contributed by atoms with Crippen molar-refractivity contribution >= 4 is 33.0 Å². The fraction of sp³-hybridized carbons (Fsp3) is 0.250. The van der Waals surface area contributed by atoms with E-state index < -0.39 is 15.6 Å². The molecule has 0 saturated carbocycles. The van der Waals surface area contributed by atoms with Gasteiger partial charge in [0.2, 0.25) is 10.0 Å². The molecule has 1 atom stereocenters. The maximum atomic E-state index is 12.2. The summed E-state index contributed by atoms with van der Waals surface area (Å²) in [5.74, 6) is 0. The number of H-pyrrole nitrogens is 1. The molecule has 20 heavy (non-hydrogen) atoms. The number of aryl methyl sites for hydroxylation is 1. The SMILES string of the molecule is Cc1ccc(C(C)NS(=O)(=O)c2c[nH]c(=O)c(Cl)c2)s1. The minimum Gasteiger partial charge on any atom is -0.326 e. The molecule has 0 saturated heterocycles. The Balaban J connectivity index is 2.26. The van der Waals surface area contributed by atoms with Gasteiger partial charge in [-0.05, 0) is 32.0 Å². The van der Waals surface area contributed by atoms with E-state index in [1.165, 1.54) is 11.3 Å². The molecule has 5 nitrogen and oxygen atoms in total. The van der Waals surface area contributed by atoms with E-state index in [1.54, 1.807) is 6.92 Å². The molecule has 0 aromatic carbocycles. The number of aromatic nitrogens is 1. The highest BCUT2D eigenvalue weighted by molar-refractivity contribution is 7.89. The van der Waals surface area contributed by atoms with Crippen LogP contribution in [0.4, 0.5) is 0 Å². The monoisotopic (exact) mass is 332 g/mol. The summed E-state index contributed by atoms with van der Waals surface area (Å²) in [5, 5.41) is -0.160. The third-order valence-electron chi connectivity index (χ3n) is 2.66. The van der Waals surface area contributed by atoms with Crippen molar-refractivity contribution in [3.8, 4) is 0 Å². The highest BCUT2D eigenvalue weighted by Gasteiger charge is 2.20. The largest absolute Gasteiger partial charge is 0.326 e. The molecule has 2 heterocycles. The lowest BCUT2D eigenvalue weighted by molar-refractivity contribution is 0.568. The predicted octanol–water partition coefficient (Wildman–Crippen LogP) is 2.44. The molecule has 2 aromatic rings. The second-order valence-electron chi connectivity index (χ2n) is 4.30. The molecule has 1 unspecified atom stereocenters. The number of nitrogens with one attached hydrogen (secondary N) is 2. The number of hydrogen-bond acceptors (Lipinski definition) is 4. The maximum Gasteiger partial charge on any atom is 0.266 e. The van der Waals surface area contributed by atoms with Crippen LogP contribution in [-0.2, 0) is 10.0 Å². The van der Waals surface area contributed by atoms with Crippen LogP contribution in [0.3, 0.4) is 0 Å². The van der Waals surface area contributed by atoms with Gasteiger partial charge < -0.3 is 4.98 Å². The Morgan fingerprint density at radius 2 is 2.10 bits per heavy atom. The Kier molecular flexibility index (Phi) is 4.33. The Bertz CT molecular complexity index is 780. The third-order valence-corrected chi connectivity index (χ3v) is 5.65. The van der Waals surface area contributed by atoms with Crippen molar-refractivity contribution in [2.45, 2.75) is 24.8 Å². The van der Waals surface area contributed by atoms with Gasteiger partial charge in [0.15, 0.2) is 0 Å². The average Bonchev–Trinajstić information content (AvgIpc) is 2.79. The molecular weight excluding hydrogens is 320 g/mol. The maximum absolute atomic E-state index is 12.2. The van der Waals surface area contributed by atoms with E-state index >= 15 is 0 Å². The first-order chi connectivity index (χ1) is 9.29. The molecule has 0 aliphatic rings. The van der Waals surface area contributed by atoms with Crippen LogP contribution in [0.1, 0.15) is 22.7 Å². The zero-order chi connectivity index (χ0) is 14.9. The van der Waals surface area contributed by atoms with Crippen molar-refractivity contribution in [2.24, 2.45) is 0 Å². The fourth-order valence-electron chi connectivity index (χ4n) is 1.64. The van der Waals surface area contributed by atoms with Gasteiger partial charge in [-0.15, -0.1) is 11.3 Å². The number of halogens is 1. The molecule has 0 spiro atoms. The van der Waals surface area contributed by atoms with Crippen molar-refractivity contribution in [3.05, 3.63) is 49.5 Å². The smallest absolute Gasteiger partial charge is 0.266 e. The molecule has 108 valence electrons. The van der Waals surface area contributed by atoms with Gasteiger partial charge in [0.1, 0.15) is 5.02 Å². The van der Waals surface area contributed by atoms with E-state index in [0.717, 1.165) is 22.0 Å². The summed E-state index contributed by atoms with van der Waals surface area (Å²) in [6, 6.07) is 4.59. The van der Waals surface area contributed by atoms with Crippen LogP contribution in [0, 0.1) is 6.92 Å². The lowest BCUT2D eigenvalue weighted by Crippen LogP contribution is -2.27. The normalized spacial score (nSPS) is 13.3. The minimum absolute atomic E-state index is 0.0674. The van der Waals surface area contributed by atoms with Crippen molar-refractivity contribution in [1.29, 1.82) is 0 Å². The Hall–Kier alpha value is -1.15. The van der Waals surface area contributed by atoms with Gasteiger partial charge in [-0.25, -0.2) is 13.1 Å². The number of sulfonamides is 1. The first-order valence-electron chi connectivity index (χ1n) is 5.76. The van der Waals surface area contributed by atoms with Crippen molar-refractivity contribution in [2.75, 3.05) is 0 Å². The number of rotatable bonds is 4. The van der Waals surface area contributed by atoms with E-state index in [1.807, 2.05) is 19.1 Å². The first-order valence-corrected chi connectivity index (χ1v) is 8.44. The molecule has 2 aromatic heterocycles. The average molecular weight is 333 g/mol. The zero-order valence-corrected chi connectivity index (χ0v) is 13.2. The number of aromatic amines is 1. The van der Waals surface area contributed by atoms with Gasteiger partial charge in [-0.3, -0.25) is 4.79 Å². The quantitative estimate of drug-likeness (QED) is 0.902. The molecule has 0 radical (unpaired) electrons. The Labute approximate surface area is 125 Å². The molecule has 8 heteroatoms. The molecule has 0 aliphatic heterocycles. The van der Waals surface area contributed by atoms with Crippen LogP contribution in [0.2, 0.25) is 5.02 Å². The van der Waals surface area contributed by atoms with Gasteiger partial charge in [-0.2, -0.15) is 0 Å². The molecule has 2 N–H and O–H groups in total. The van der Waals surface area contributed by atoms with Gasteiger partial charge in [0.05, 0.1) is 10.9 Å². The van der Waals surface area contributed by atoms with Crippen LogP contribution in [-0.4, -0.2) is 13.4 Å². The molecule has 0 bridgehead atoms. The van der Waals surface area contributed by atoms with Crippen molar-refractivity contribution < 1.29 is 8.42 Å². The van der Waals surface area contributed by atoms with Crippen LogP contribution >= 0.6 is 22.9 Å². The number of hydrogen-bond donors (Lipinski definition) is 2. The van der Waals surface area contributed by atoms with Crippen LogP contribution in [0.25, 0.3) is 0 Å². The van der Waals surface area contributed by atoms with Crippen molar-refractivity contribution in [1.82, 2.24) is 9.71 Å². The highest BCUT2D eigenvalue weighted by atomic mass is 35.5. The van der Waals surface area contributed by atoms with Crippen LogP contribution in [0.5, 0.6) is 0 Å². The second-order valence-corrected chi connectivity index (χ2v) is 7.74. The lowest BCUT2D eigenvalue weighted by Gasteiger charge is -2.12. The Morgan fingerprint density at radius 3 is 2.65 bits per heavy atom. The second kappa shape index (κ2) is 5.69. The van der Waals surface area contributed by atoms with Crippen LogP contribution < -0.4 is 10.3 Å². The van der Waals surface area contributed by atoms with Gasteiger partial charge in [0.25, 0.3) is 5.56 Å². The lowest BCUT2D eigenvalue weighted by atomic mass is 10.3. The summed E-state index contributed by atoms with van der Waals surface area (Å²) in [6.07, 6.45) is 1.13. The van der Waals surface area contributed by atoms with Crippen LogP contribution in [0.15, 0.2) is 34.1 Å². The molecule has 0 aliphatic carbocycles. The van der Waals surface area contributed by atoms with E-state index in [9.17, 15) is 13.2 Å². The zero-order valence-electron chi connectivity index (χ0n) is 10.8. The van der Waals surface area contributed by atoms with Gasteiger partial charge in [0, 0.05) is 16.0 Å². The Morgan fingerprint density at radius 1 is 1.40 bits per heavy atom. The van der Waals surface area contributed by atoms with E-state index in [4.69, 9.17) is 11.6 Å². The summed E-state index contributed by atoms with van der Waals surface area (Å²) in [7, 11) is -3.74. The third kappa shape index (κ3) is 3.29. The van der Waals surface area contributed by atoms with Gasteiger partial charge in [-0.1, -0.05) is 11.6 Å². The molecule has 2 rings (SSSR count). The number of pyridine rings is 1. The number of thiophene rings is 1. The predicted molar refractivity (Wildman–Crippen MR) is 79.9 cm³/mol. The molecule has 0 amide bonds. The fourth-order valence-corrected chi connectivity index (χ4v) is 4.04. The summed E-state index contributed by atoms with van der Waals surface area (Å²) >= 11 is 7.17. The summed E-state index contributed by atoms with van der Waals surface area (Å²) in [4.78, 5) is 15.4. The first kappa shape index (κ1) is 15.2. The van der Waals surface area contributed by atoms with E-state index in [0.29, 0.717) is 0 Å². The topological polar surface area (TPSA) is 79.0 Å². The molecule has 0 fully saturated rings. The standard InChI is InChI=1S/C12H13ClN2O3S2/c1-7-3-4-11(19-7)8(2)15-20(17,18)9-5-10(13)12(16)14-6-9/h3-6,8,15H,1-2H3,(H,14,16). The summed E-state index contributed by atoms with van der Waals surface area (Å²) in [5.41, 5.74) is -0.521. The minimum atomic E-state index is -3.74. The highest BCUT2D eigenvalue weighted by Crippen LogP contribution is 2.24. The van der Waals surface area contributed by atoms with E-state index in [-0.39, 0.29) is 16.0 Å². The van der Waals surface area contributed by atoms with Crippen molar-refractivity contribution in [3.63, 3.8) is 0 Å². The summed E-state index contributed by atoms with van der Waals surface area (Å²) in [6.45, 7) is 3.72. The molecular formula is C12H13ClN2O3S2. The van der Waals surface area contributed by atoms with Gasteiger partial charge >= 0.3 is 0 Å². The van der Waals surface area contributed by atoms with E-state index in [2.05, 4.69) is 9.71 Å². The summed E-state index contributed by atoms with van der Waals surface area (Å²) < 4.78 is 26.9.